The molecule has 0 radical (unpaired) electrons. The van der Waals surface area contributed by atoms with Crippen LogP contribution in [0, 0.1) is 5.41 Å². The van der Waals surface area contributed by atoms with Crippen LogP contribution in [0.1, 0.15) is 27.7 Å². The maximum atomic E-state index is 2.19. The van der Waals surface area contributed by atoms with Gasteiger partial charge < -0.3 is 5.48 Å². The normalized spacial score (nSPS) is 10.0. The highest BCUT2D eigenvalue weighted by Gasteiger charge is 1.95. The van der Waals surface area contributed by atoms with Gasteiger partial charge in [0.15, 0.2) is 0 Å². The molecule has 0 aliphatic rings. The van der Waals surface area contributed by atoms with Crippen molar-refractivity contribution < 1.29 is 5.48 Å². The maximum Gasteiger partial charge on any atom is -0.0411 e. The summed E-state index contributed by atoms with van der Waals surface area (Å²) in [6, 6.07) is 0. The Morgan fingerprint density at radius 3 is 0.833 bits per heavy atom. The van der Waals surface area contributed by atoms with Crippen LogP contribution in [-0.2, 0) is 0 Å². The largest absolute Gasteiger partial charge is 0.412 e. The van der Waals surface area contributed by atoms with Gasteiger partial charge in [-0.2, -0.15) is 0 Å². The Bertz CT molecular complexity index is 19.4. The summed E-state index contributed by atoms with van der Waals surface area (Å²) < 4.78 is 0. The average Bonchev–Trinajstić information content (AvgIpc) is 0.722. The lowest BCUT2D eigenvalue weighted by Crippen LogP contribution is -1.93. The highest BCUT2D eigenvalue weighted by molar-refractivity contribution is 4.47. The van der Waals surface area contributed by atoms with Crippen LogP contribution in [0.5, 0.6) is 0 Å². The summed E-state index contributed by atoms with van der Waals surface area (Å²) in [5.74, 6) is 0. The fourth-order valence-electron chi connectivity index (χ4n) is 0. The number of rotatable bonds is 0. The summed E-state index contributed by atoms with van der Waals surface area (Å²) in [5, 5.41) is 0. The van der Waals surface area contributed by atoms with Crippen molar-refractivity contribution in [1.82, 2.24) is 0 Å². The minimum atomic E-state index is 0. The zero-order valence-corrected chi connectivity index (χ0v) is 5.00. The van der Waals surface area contributed by atoms with Crippen molar-refractivity contribution in [3.05, 3.63) is 0 Å². The molecule has 0 aliphatic carbocycles. The van der Waals surface area contributed by atoms with Gasteiger partial charge in [-0.15, -0.1) is 0 Å². The molecule has 0 unspecified atom stereocenters. The first-order chi connectivity index (χ1) is 2.00. The van der Waals surface area contributed by atoms with Crippen molar-refractivity contribution in [3.63, 3.8) is 0 Å². The van der Waals surface area contributed by atoms with E-state index in [2.05, 4.69) is 27.7 Å². The molecular weight excluding hydrogens is 76.1 g/mol. The van der Waals surface area contributed by atoms with Crippen LogP contribution < -0.4 is 0 Å². The predicted molar refractivity (Wildman–Crippen MR) is 28.7 cm³/mol. The SMILES string of the molecule is CC(C)(C)C.O. The summed E-state index contributed by atoms with van der Waals surface area (Å²) in [4.78, 5) is 0. The fraction of sp³-hybridized carbons (Fsp3) is 1.00. The van der Waals surface area contributed by atoms with Gasteiger partial charge in [0, 0.05) is 0 Å². The molecule has 0 saturated heterocycles. The minimum Gasteiger partial charge on any atom is -0.412 e. The van der Waals surface area contributed by atoms with Crippen LogP contribution in [0.3, 0.4) is 0 Å². The van der Waals surface area contributed by atoms with E-state index < -0.39 is 0 Å². The van der Waals surface area contributed by atoms with E-state index >= 15 is 0 Å². The first-order valence-corrected chi connectivity index (χ1v) is 2.00. The van der Waals surface area contributed by atoms with Crippen molar-refractivity contribution in [1.29, 1.82) is 0 Å². The van der Waals surface area contributed by atoms with Gasteiger partial charge in [-0.25, -0.2) is 0 Å². The van der Waals surface area contributed by atoms with Crippen LogP contribution in [-0.4, -0.2) is 5.48 Å². The smallest absolute Gasteiger partial charge is 0.0411 e. The van der Waals surface area contributed by atoms with E-state index in [1.54, 1.807) is 0 Å². The molecular formula is C5H14O. The summed E-state index contributed by atoms with van der Waals surface area (Å²) in [5.41, 5.74) is 0.500. The number of hydrogen-bond donors (Lipinski definition) is 0. The Morgan fingerprint density at radius 2 is 0.833 bits per heavy atom. The molecule has 0 bridgehead atoms. The Morgan fingerprint density at radius 1 is 0.833 bits per heavy atom. The van der Waals surface area contributed by atoms with Crippen LogP contribution in [0.25, 0.3) is 0 Å². The molecule has 1 nitrogen and oxygen atoms in total. The van der Waals surface area contributed by atoms with Crippen molar-refractivity contribution >= 4 is 0 Å². The van der Waals surface area contributed by atoms with E-state index in [1.165, 1.54) is 0 Å². The average molecular weight is 90.2 g/mol. The van der Waals surface area contributed by atoms with Crippen LogP contribution >= 0.6 is 0 Å². The molecule has 0 fully saturated rings. The van der Waals surface area contributed by atoms with Gasteiger partial charge in [0.25, 0.3) is 0 Å². The van der Waals surface area contributed by atoms with E-state index in [-0.39, 0.29) is 5.48 Å². The molecule has 0 aromatic carbocycles. The Kier molecular flexibility index (Phi) is 3.41. The zero-order valence-electron chi connectivity index (χ0n) is 5.00. The van der Waals surface area contributed by atoms with Gasteiger partial charge in [0.1, 0.15) is 0 Å². The van der Waals surface area contributed by atoms with E-state index in [0.717, 1.165) is 0 Å². The lowest BCUT2D eigenvalue weighted by Gasteiger charge is -2.05. The van der Waals surface area contributed by atoms with E-state index in [9.17, 15) is 0 Å². The third-order valence-corrected chi connectivity index (χ3v) is 0. The first kappa shape index (κ1) is 9.35. The third-order valence-electron chi connectivity index (χ3n) is 0. The minimum absolute atomic E-state index is 0. The molecule has 0 aromatic heterocycles. The van der Waals surface area contributed by atoms with Gasteiger partial charge in [-0.3, -0.25) is 0 Å². The van der Waals surface area contributed by atoms with Gasteiger partial charge >= 0.3 is 0 Å². The topological polar surface area (TPSA) is 31.5 Å². The second-order valence-corrected chi connectivity index (χ2v) is 3.00. The first-order valence-electron chi connectivity index (χ1n) is 2.00. The quantitative estimate of drug-likeness (QED) is 0.428. The van der Waals surface area contributed by atoms with E-state index in [1.807, 2.05) is 0 Å². The van der Waals surface area contributed by atoms with Crippen LogP contribution in [0.2, 0.25) is 0 Å². The van der Waals surface area contributed by atoms with Crippen molar-refractivity contribution in [2.75, 3.05) is 0 Å². The van der Waals surface area contributed by atoms with Crippen molar-refractivity contribution in [2.24, 2.45) is 5.41 Å². The molecule has 0 saturated carbocycles. The second-order valence-electron chi connectivity index (χ2n) is 3.00. The van der Waals surface area contributed by atoms with Crippen molar-refractivity contribution in [3.8, 4) is 0 Å². The molecule has 40 valence electrons. The molecule has 0 aliphatic heterocycles. The summed E-state index contributed by atoms with van der Waals surface area (Å²) >= 11 is 0. The summed E-state index contributed by atoms with van der Waals surface area (Å²) in [6.07, 6.45) is 0. The summed E-state index contributed by atoms with van der Waals surface area (Å²) in [7, 11) is 0. The number of hydrogen-bond acceptors (Lipinski definition) is 0. The fourth-order valence-corrected chi connectivity index (χ4v) is 0. The molecule has 0 rings (SSSR count). The Labute approximate surface area is 39.7 Å². The van der Waals surface area contributed by atoms with E-state index in [4.69, 9.17) is 0 Å². The summed E-state index contributed by atoms with van der Waals surface area (Å²) in [6.45, 7) is 8.75. The predicted octanol–water partition coefficient (Wildman–Crippen LogP) is 1.23. The van der Waals surface area contributed by atoms with Gasteiger partial charge in [-0.1, -0.05) is 27.7 Å². The van der Waals surface area contributed by atoms with Gasteiger partial charge in [0.05, 0.1) is 0 Å². The molecule has 0 aromatic rings. The highest BCUT2D eigenvalue weighted by Crippen LogP contribution is 2.07. The lowest BCUT2D eigenvalue weighted by molar-refractivity contribution is 0.469. The molecule has 0 spiro atoms. The molecule has 6 heavy (non-hydrogen) atoms. The lowest BCUT2D eigenvalue weighted by atomic mass is 10.0. The molecule has 0 heterocycles. The van der Waals surface area contributed by atoms with Crippen molar-refractivity contribution in [2.45, 2.75) is 27.7 Å². The highest BCUT2D eigenvalue weighted by atomic mass is 16.0. The van der Waals surface area contributed by atoms with Gasteiger partial charge in [0.2, 0.25) is 0 Å². The monoisotopic (exact) mass is 90.1 g/mol. The molecule has 1 heteroatoms. The molecule has 2 N–H and O–H groups in total. The Hall–Kier alpha value is -0.0400. The second kappa shape index (κ2) is 2.19. The molecule has 0 atom stereocenters. The van der Waals surface area contributed by atoms with Gasteiger partial charge in [-0.05, 0) is 5.41 Å². The van der Waals surface area contributed by atoms with Crippen LogP contribution in [0.15, 0.2) is 0 Å². The van der Waals surface area contributed by atoms with Crippen LogP contribution in [0.4, 0.5) is 0 Å². The van der Waals surface area contributed by atoms with E-state index in [0.29, 0.717) is 5.41 Å². The zero-order chi connectivity index (χ0) is 4.50. The molecule has 0 amide bonds. The standard InChI is InChI=1S/C5H12.H2O/c1-5(2,3)4;/h1-4H3;1H2. The Balaban J connectivity index is 0. The third kappa shape index (κ3) is 21700. The maximum absolute atomic E-state index is 2.19.